The minimum Gasteiger partial charge on any atom is -0.481 e. The maximum Gasteiger partial charge on any atom is 0.316 e. The van der Waals surface area contributed by atoms with Gasteiger partial charge in [-0.1, -0.05) is 11.8 Å². The molecule has 1 aromatic heterocycles. The number of aromatic nitrogens is 1. The van der Waals surface area contributed by atoms with E-state index in [0.29, 0.717) is 10.0 Å². The molecule has 0 amide bonds. The first-order valence-corrected chi connectivity index (χ1v) is 6.25. The van der Waals surface area contributed by atoms with Gasteiger partial charge in [0.15, 0.2) is 4.34 Å². The Hall–Kier alpha value is -1.08. The topological polar surface area (TPSA) is 87.5 Å². The molecule has 0 aromatic carbocycles. The number of carboxylic acid groups (broad SMARTS) is 2. The molecule has 0 aliphatic heterocycles. The number of carboxylic acids is 2. The van der Waals surface area contributed by atoms with Crippen molar-refractivity contribution in [2.45, 2.75) is 29.4 Å². The van der Waals surface area contributed by atoms with Crippen LogP contribution in [0.5, 0.6) is 0 Å². The van der Waals surface area contributed by atoms with Gasteiger partial charge in [-0.05, 0) is 13.8 Å². The average Bonchev–Trinajstić information content (AvgIpc) is 2.64. The lowest BCUT2D eigenvalue weighted by Crippen LogP contribution is -2.11. The van der Waals surface area contributed by atoms with Crippen molar-refractivity contribution in [3.8, 4) is 0 Å². The number of thioether (sulfide) groups is 1. The molecule has 1 aromatic rings. The second kappa shape index (κ2) is 5.31. The highest BCUT2D eigenvalue weighted by atomic mass is 32.2. The molecule has 2 atom stereocenters. The molecular weight excluding hydrogens is 250 g/mol. The Bertz CT molecular complexity index is 404. The Morgan fingerprint density at radius 2 is 2.00 bits per heavy atom. The second-order valence-electron chi connectivity index (χ2n) is 3.20. The zero-order chi connectivity index (χ0) is 12.3. The Morgan fingerprint density at radius 3 is 2.50 bits per heavy atom. The molecule has 0 spiro atoms. The van der Waals surface area contributed by atoms with Crippen molar-refractivity contribution in [3.05, 3.63) is 11.1 Å². The summed E-state index contributed by atoms with van der Waals surface area (Å²) >= 11 is 2.38. The summed E-state index contributed by atoms with van der Waals surface area (Å²) in [6.07, 6.45) is 0. The number of nitrogens with zero attached hydrogens (tertiary/aromatic N) is 1. The van der Waals surface area contributed by atoms with Crippen molar-refractivity contribution >= 4 is 35.0 Å². The third-order valence-electron chi connectivity index (χ3n) is 1.94. The lowest BCUT2D eigenvalue weighted by atomic mass is 10.1. The summed E-state index contributed by atoms with van der Waals surface area (Å²) in [6.45, 7) is 3.11. The van der Waals surface area contributed by atoms with Crippen LogP contribution in [0.1, 0.15) is 25.5 Å². The summed E-state index contributed by atoms with van der Waals surface area (Å²) < 4.78 is 0.581. The van der Waals surface area contributed by atoms with E-state index >= 15 is 0 Å². The van der Waals surface area contributed by atoms with Gasteiger partial charge in [0.25, 0.3) is 0 Å². The predicted octanol–water partition coefficient (Wildman–Crippen LogP) is 1.90. The maximum absolute atomic E-state index is 10.7. The van der Waals surface area contributed by atoms with Gasteiger partial charge in [0.2, 0.25) is 0 Å². The Labute approximate surface area is 101 Å². The fourth-order valence-electron chi connectivity index (χ4n) is 0.850. The molecule has 88 valence electrons. The molecule has 7 heteroatoms. The lowest BCUT2D eigenvalue weighted by Gasteiger charge is -2.02. The van der Waals surface area contributed by atoms with Crippen LogP contribution in [0.15, 0.2) is 9.72 Å². The minimum absolute atomic E-state index is 0.470. The van der Waals surface area contributed by atoms with Crippen molar-refractivity contribution in [2.75, 3.05) is 0 Å². The SMILES string of the molecule is CC(Sc1nc(C(C)C(=O)O)cs1)C(=O)O. The molecule has 16 heavy (non-hydrogen) atoms. The van der Waals surface area contributed by atoms with E-state index in [1.807, 2.05) is 0 Å². The molecule has 2 N–H and O–H groups in total. The van der Waals surface area contributed by atoms with E-state index in [0.717, 1.165) is 11.8 Å². The molecule has 0 aliphatic carbocycles. The molecule has 5 nitrogen and oxygen atoms in total. The zero-order valence-corrected chi connectivity index (χ0v) is 10.3. The van der Waals surface area contributed by atoms with Crippen LogP contribution in [0.25, 0.3) is 0 Å². The van der Waals surface area contributed by atoms with E-state index in [4.69, 9.17) is 10.2 Å². The zero-order valence-electron chi connectivity index (χ0n) is 8.71. The van der Waals surface area contributed by atoms with Gasteiger partial charge in [-0.25, -0.2) is 4.98 Å². The van der Waals surface area contributed by atoms with E-state index in [9.17, 15) is 9.59 Å². The maximum atomic E-state index is 10.7. The quantitative estimate of drug-likeness (QED) is 0.787. The number of rotatable bonds is 5. The summed E-state index contributed by atoms with van der Waals surface area (Å²) in [6, 6.07) is 0. The Morgan fingerprint density at radius 1 is 1.38 bits per heavy atom. The lowest BCUT2D eigenvalue weighted by molar-refractivity contribution is -0.138. The van der Waals surface area contributed by atoms with Gasteiger partial charge in [0.05, 0.1) is 11.6 Å². The number of thiazole rings is 1. The fourth-order valence-corrected chi connectivity index (χ4v) is 2.85. The van der Waals surface area contributed by atoms with E-state index in [1.165, 1.54) is 11.3 Å². The molecule has 1 rings (SSSR count). The number of aliphatic carboxylic acids is 2. The van der Waals surface area contributed by atoms with Gasteiger partial charge in [-0.2, -0.15) is 0 Å². The van der Waals surface area contributed by atoms with Crippen LogP contribution in [0.2, 0.25) is 0 Å². The minimum atomic E-state index is -0.937. The molecule has 0 radical (unpaired) electrons. The summed E-state index contributed by atoms with van der Waals surface area (Å²) in [5.41, 5.74) is 0.470. The average molecular weight is 261 g/mol. The molecule has 0 saturated heterocycles. The monoisotopic (exact) mass is 261 g/mol. The van der Waals surface area contributed by atoms with Crippen molar-refractivity contribution in [1.82, 2.24) is 4.98 Å². The summed E-state index contributed by atoms with van der Waals surface area (Å²) in [4.78, 5) is 25.4. The first-order chi connectivity index (χ1) is 7.41. The van der Waals surface area contributed by atoms with Crippen molar-refractivity contribution in [2.24, 2.45) is 0 Å². The van der Waals surface area contributed by atoms with Gasteiger partial charge in [0, 0.05) is 5.38 Å². The first-order valence-electron chi connectivity index (χ1n) is 4.49. The van der Waals surface area contributed by atoms with Gasteiger partial charge >= 0.3 is 11.9 Å². The second-order valence-corrected chi connectivity index (χ2v) is 5.64. The number of hydrogen-bond acceptors (Lipinski definition) is 5. The Kier molecular flexibility index (Phi) is 4.31. The summed E-state index contributed by atoms with van der Waals surface area (Å²) in [5.74, 6) is -2.51. The molecule has 0 saturated carbocycles. The molecule has 0 bridgehead atoms. The third kappa shape index (κ3) is 3.21. The van der Waals surface area contributed by atoms with E-state index in [1.54, 1.807) is 19.2 Å². The highest BCUT2D eigenvalue weighted by molar-refractivity contribution is 8.02. The van der Waals surface area contributed by atoms with Crippen LogP contribution in [0, 0.1) is 0 Å². The fraction of sp³-hybridized carbons (Fsp3) is 0.444. The molecule has 0 aliphatic rings. The van der Waals surface area contributed by atoms with Gasteiger partial charge in [-0.3, -0.25) is 9.59 Å². The van der Waals surface area contributed by atoms with Gasteiger partial charge in [0.1, 0.15) is 5.25 Å². The normalized spacial score (nSPS) is 14.4. The van der Waals surface area contributed by atoms with Crippen molar-refractivity contribution < 1.29 is 19.8 Å². The standard InChI is InChI=1S/C9H11NO4S2/c1-4(7(11)12)6-3-15-9(10-6)16-5(2)8(13)14/h3-5H,1-2H3,(H,11,12)(H,13,14). The van der Waals surface area contributed by atoms with Crippen LogP contribution < -0.4 is 0 Å². The largest absolute Gasteiger partial charge is 0.481 e. The van der Waals surface area contributed by atoms with Crippen molar-refractivity contribution in [3.63, 3.8) is 0 Å². The summed E-state index contributed by atoms with van der Waals surface area (Å²) in [7, 11) is 0. The highest BCUT2D eigenvalue weighted by Gasteiger charge is 2.19. The number of carbonyl (C=O) groups is 2. The van der Waals surface area contributed by atoms with E-state index < -0.39 is 23.1 Å². The predicted molar refractivity (Wildman–Crippen MR) is 61.1 cm³/mol. The molecule has 0 fully saturated rings. The van der Waals surface area contributed by atoms with E-state index in [2.05, 4.69) is 4.98 Å². The third-order valence-corrected chi connectivity index (χ3v) is 4.02. The number of hydrogen-bond donors (Lipinski definition) is 2. The van der Waals surface area contributed by atoms with Crippen LogP contribution in [-0.4, -0.2) is 32.4 Å². The van der Waals surface area contributed by atoms with Crippen LogP contribution in [0.4, 0.5) is 0 Å². The molecular formula is C9H11NO4S2. The van der Waals surface area contributed by atoms with Crippen LogP contribution >= 0.6 is 23.1 Å². The van der Waals surface area contributed by atoms with Crippen LogP contribution in [-0.2, 0) is 9.59 Å². The van der Waals surface area contributed by atoms with E-state index in [-0.39, 0.29) is 0 Å². The molecule has 1 heterocycles. The van der Waals surface area contributed by atoms with Crippen molar-refractivity contribution in [1.29, 1.82) is 0 Å². The Balaban J connectivity index is 2.72. The van der Waals surface area contributed by atoms with Gasteiger partial charge < -0.3 is 10.2 Å². The first kappa shape index (κ1) is 13.0. The molecule has 2 unspecified atom stereocenters. The summed E-state index contributed by atoms with van der Waals surface area (Å²) in [5, 5.41) is 18.6. The van der Waals surface area contributed by atoms with Gasteiger partial charge in [-0.15, -0.1) is 11.3 Å². The van der Waals surface area contributed by atoms with Crippen LogP contribution in [0.3, 0.4) is 0 Å². The highest BCUT2D eigenvalue weighted by Crippen LogP contribution is 2.29. The smallest absolute Gasteiger partial charge is 0.316 e.